The molecule has 0 saturated carbocycles. The fraction of sp³-hybridized carbons (Fsp3) is 0.429. The van der Waals surface area contributed by atoms with Gasteiger partial charge in [-0.1, -0.05) is 29.8 Å². The van der Waals surface area contributed by atoms with E-state index in [1.165, 1.54) is 13.8 Å². The lowest BCUT2D eigenvalue weighted by Gasteiger charge is -2.24. The van der Waals surface area contributed by atoms with E-state index >= 15 is 0 Å². The Balaban J connectivity index is 2.93. The second kappa shape index (κ2) is 6.19. The first kappa shape index (κ1) is 14.2. The number of ether oxygens (including phenoxy) is 1. The molecule has 0 heterocycles. The average Bonchev–Trinajstić information content (AvgIpc) is 2.26. The molecule has 1 amide bonds. The predicted octanol–water partition coefficient (Wildman–Crippen LogP) is 2.12. The SMILES string of the molecule is CC(=O)N[C@@H](C)[C@H](OC(C)=O)c1ccc(C)cc1. The van der Waals surface area contributed by atoms with Crippen molar-refractivity contribution in [3.63, 3.8) is 0 Å². The van der Waals surface area contributed by atoms with E-state index < -0.39 is 6.10 Å². The van der Waals surface area contributed by atoms with Crippen LogP contribution in [0.25, 0.3) is 0 Å². The maximum Gasteiger partial charge on any atom is 0.303 e. The van der Waals surface area contributed by atoms with Crippen LogP contribution in [-0.2, 0) is 14.3 Å². The van der Waals surface area contributed by atoms with Gasteiger partial charge < -0.3 is 10.1 Å². The van der Waals surface area contributed by atoms with Crippen molar-refractivity contribution >= 4 is 11.9 Å². The first-order chi connectivity index (χ1) is 8.40. The minimum atomic E-state index is -0.466. The lowest BCUT2D eigenvalue weighted by atomic mass is 10.0. The Morgan fingerprint density at radius 1 is 1.17 bits per heavy atom. The number of carbonyl (C=O) groups is 2. The van der Waals surface area contributed by atoms with Crippen molar-refractivity contribution in [2.24, 2.45) is 0 Å². The molecule has 0 radical (unpaired) electrons. The number of hydrogen-bond donors (Lipinski definition) is 1. The Hall–Kier alpha value is -1.84. The van der Waals surface area contributed by atoms with E-state index in [1.54, 1.807) is 0 Å². The third kappa shape index (κ3) is 4.20. The van der Waals surface area contributed by atoms with Gasteiger partial charge in [0.1, 0.15) is 6.10 Å². The van der Waals surface area contributed by atoms with Crippen LogP contribution in [0.2, 0.25) is 0 Å². The van der Waals surface area contributed by atoms with E-state index in [-0.39, 0.29) is 17.9 Å². The lowest BCUT2D eigenvalue weighted by Crippen LogP contribution is -2.37. The van der Waals surface area contributed by atoms with Gasteiger partial charge in [0.15, 0.2) is 0 Å². The molecule has 0 aliphatic rings. The number of amides is 1. The molecule has 2 atom stereocenters. The van der Waals surface area contributed by atoms with Gasteiger partial charge in [0.05, 0.1) is 6.04 Å². The highest BCUT2D eigenvalue weighted by molar-refractivity contribution is 5.73. The zero-order chi connectivity index (χ0) is 13.7. The van der Waals surface area contributed by atoms with E-state index in [9.17, 15) is 9.59 Å². The van der Waals surface area contributed by atoms with Crippen molar-refractivity contribution in [2.75, 3.05) is 0 Å². The molecule has 0 unspecified atom stereocenters. The fourth-order valence-corrected chi connectivity index (χ4v) is 1.79. The molecule has 0 aliphatic carbocycles. The van der Waals surface area contributed by atoms with Gasteiger partial charge in [-0.05, 0) is 19.4 Å². The van der Waals surface area contributed by atoms with Crippen molar-refractivity contribution in [3.05, 3.63) is 35.4 Å². The van der Waals surface area contributed by atoms with Crippen LogP contribution >= 0.6 is 0 Å². The number of esters is 1. The van der Waals surface area contributed by atoms with Gasteiger partial charge in [0, 0.05) is 13.8 Å². The topological polar surface area (TPSA) is 55.4 Å². The second-order valence-corrected chi connectivity index (χ2v) is 4.43. The van der Waals surface area contributed by atoms with Crippen molar-refractivity contribution in [2.45, 2.75) is 39.8 Å². The first-order valence-corrected chi connectivity index (χ1v) is 5.91. The molecule has 0 bridgehead atoms. The van der Waals surface area contributed by atoms with E-state index in [2.05, 4.69) is 5.32 Å². The van der Waals surface area contributed by atoms with Crippen molar-refractivity contribution in [1.82, 2.24) is 5.32 Å². The summed E-state index contributed by atoms with van der Waals surface area (Å²) in [6.07, 6.45) is -0.466. The van der Waals surface area contributed by atoms with Crippen LogP contribution in [-0.4, -0.2) is 17.9 Å². The Morgan fingerprint density at radius 3 is 2.17 bits per heavy atom. The van der Waals surface area contributed by atoms with Gasteiger partial charge in [-0.3, -0.25) is 9.59 Å². The van der Waals surface area contributed by atoms with Gasteiger partial charge in [0.2, 0.25) is 5.91 Å². The standard InChI is InChI=1S/C14H19NO3/c1-9-5-7-13(8-6-9)14(18-12(4)17)10(2)15-11(3)16/h5-8,10,14H,1-4H3,(H,15,16)/t10-,14-/m0/s1. The number of benzene rings is 1. The van der Waals surface area contributed by atoms with Crippen LogP contribution in [0, 0.1) is 6.92 Å². The molecule has 1 rings (SSSR count). The van der Waals surface area contributed by atoms with E-state index in [0.717, 1.165) is 11.1 Å². The Morgan fingerprint density at radius 2 is 1.72 bits per heavy atom. The number of hydrogen-bond acceptors (Lipinski definition) is 3. The molecule has 0 saturated heterocycles. The first-order valence-electron chi connectivity index (χ1n) is 5.91. The maximum absolute atomic E-state index is 11.1. The molecule has 4 heteroatoms. The molecular formula is C14H19NO3. The Labute approximate surface area is 107 Å². The van der Waals surface area contributed by atoms with Gasteiger partial charge >= 0.3 is 5.97 Å². The number of aryl methyl sites for hydroxylation is 1. The summed E-state index contributed by atoms with van der Waals surface area (Å²) in [5, 5.41) is 2.75. The van der Waals surface area contributed by atoms with E-state index in [1.807, 2.05) is 38.1 Å². The average molecular weight is 249 g/mol. The van der Waals surface area contributed by atoms with Crippen LogP contribution in [0.4, 0.5) is 0 Å². The van der Waals surface area contributed by atoms with E-state index in [4.69, 9.17) is 4.74 Å². The summed E-state index contributed by atoms with van der Waals surface area (Å²) in [7, 11) is 0. The molecule has 98 valence electrons. The smallest absolute Gasteiger partial charge is 0.303 e. The monoisotopic (exact) mass is 249 g/mol. The van der Waals surface area contributed by atoms with Crippen LogP contribution in [0.1, 0.15) is 38.0 Å². The highest BCUT2D eigenvalue weighted by Crippen LogP contribution is 2.22. The third-order valence-corrected chi connectivity index (χ3v) is 2.58. The molecule has 18 heavy (non-hydrogen) atoms. The normalized spacial score (nSPS) is 13.6. The molecular weight excluding hydrogens is 230 g/mol. The highest BCUT2D eigenvalue weighted by atomic mass is 16.5. The van der Waals surface area contributed by atoms with E-state index in [0.29, 0.717) is 0 Å². The van der Waals surface area contributed by atoms with Gasteiger partial charge in [-0.25, -0.2) is 0 Å². The number of rotatable bonds is 4. The summed E-state index contributed by atoms with van der Waals surface area (Å²) in [5.74, 6) is -0.510. The molecule has 1 N–H and O–H groups in total. The molecule has 1 aromatic rings. The Kier molecular flexibility index (Phi) is 4.89. The van der Waals surface area contributed by atoms with Crippen molar-refractivity contribution in [3.8, 4) is 0 Å². The summed E-state index contributed by atoms with van der Waals surface area (Å²) >= 11 is 0. The van der Waals surface area contributed by atoms with Crippen LogP contribution in [0.15, 0.2) is 24.3 Å². The number of nitrogens with one attached hydrogen (secondary N) is 1. The zero-order valence-electron chi connectivity index (χ0n) is 11.2. The third-order valence-electron chi connectivity index (χ3n) is 2.58. The molecule has 0 spiro atoms. The lowest BCUT2D eigenvalue weighted by molar-refractivity contribution is -0.149. The molecule has 1 aromatic carbocycles. The van der Waals surface area contributed by atoms with Crippen LogP contribution < -0.4 is 5.32 Å². The highest BCUT2D eigenvalue weighted by Gasteiger charge is 2.22. The van der Waals surface area contributed by atoms with Gasteiger partial charge in [-0.2, -0.15) is 0 Å². The fourth-order valence-electron chi connectivity index (χ4n) is 1.79. The minimum absolute atomic E-state index is 0.147. The molecule has 0 fully saturated rings. The predicted molar refractivity (Wildman–Crippen MR) is 69.0 cm³/mol. The van der Waals surface area contributed by atoms with Crippen LogP contribution in [0.5, 0.6) is 0 Å². The summed E-state index contributed by atoms with van der Waals surface area (Å²) in [4.78, 5) is 22.2. The largest absolute Gasteiger partial charge is 0.455 e. The maximum atomic E-state index is 11.1. The zero-order valence-corrected chi connectivity index (χ0v) is 11.2. The summed E-state index contributed by atoms with van der Waals surface area (Å²) in [6, 6.07) is 7.44. The minimum Gasteiger partial charge on any atom is -0.455 e. The van der Waals surface area contributed by atoms with Crippen LogP contribution in [0.3, 0.4) is 0 Å². The summed E-state index contributed by atoms with van der Waals surface area (Å²) < 4.78 is 5.29. The van der Waals surface area contributed by atoms with Gasteiger partial charge in [-0.15, -0.1) is 0 Å². The van der Waals surface area contributed by atoms with Crippen molar-refractivity contribution in [1.29, 1.82) is 0 Å². The van der Waals surface area contributed by atoms with Crippen molar-refractivity contribution < 1.29 is 14.3 Å². The quantitative estimate of drug-likeness (QED) is 0.832. The summed E-state index contributed by atoms with van der Waals surface area (Å²) in [5.41, 5.74) is 2.00. The van der Waals surface area contributed by atoms with Gasteiger partial charge in [0.25, 0.3) is 0 Å². The molecule has 0 aromatic heterocycles. The Bertz CT molecular complexity index is 425. The second-order valence-electron chi connectivity index (χ2n) is 4.43. The molecule has 0 aliphatic heterocycles. The number of carbonyl (C=O) groups excluding carboxylic acids is 2. The molecule has 4 nitrogen and oxygen atoms in total. The summed E-state index contributed by atoms with van der Waals surface area (Å²) in [6.45, 7) is 6.61.